The Hall–Kier alpha value is -6.28. The summed E-state index contributed by atoms with van der Waals surface area (Å²) >= 11 is 0. The van der Waals surface area contributed by atoms with Crippen LogP contribution >= 0.6 is 0 Å². The van der Waals surface area contributed by atoms with Gasteiger partial charge >= 0.3 is 0 Å². The standard InChI is InChI=1S/C16H5N7O14/c24-17(25)6-1-8-14(9(2-6)19(28)29)12(22(34)35)5-13(23(36)37)15(8)16-10(20(30)31)3-7(18(26)27)4-11(16)21(32)33/h1-5H. The third-order valence-corrected chi connectivity index (χ3v) is 4.89. The van der Waals surface area contributed by atoms with Gasteiger partial charge in [0.05, 0.1) is 64.3 Å². The molecule has 21 nitrogen and oxygen atoms in total. The van der Waals surface area contributed by atoms with Gasteiger partial charge in [-0.25, -0.2) is 0 Å². The minimum Gasteiger partial charge on any atom is -0.258 e. The maximum atomic E-state index is 11.9. The minimum atomic E-state index is -1.46. The Labute approximate surface area is 198 Å². The molecule has 37 heavy (non-hydrogen) atoms. The van der Waals surface area contributed by atoms with Gasteiger partial charge in [-0.2, -0.15) is 0 Å². The molecule has 0 aromatic heterocycles. The molecule has 21 heteroatoms. The number of hydrogen-bond donors (Lipinski definition) is 0. The summed E-state index contributed by atoms with van der Waals surface area (Å²) < 4.78 is 0. The average Bonchev–Trinajstić information content (AvgIpc) is 2.80. The van der Waals surface area contributed by atoms with Crippen LogP contribution in [0.5, 0.6) is 0 Å². The molecular formula is C16H5N7O14. The van der Waals surface area contributed by atoms with Crippen LogP contribution < -0.4 is 0 Å². The molecule has 3 aromatic carbocycles. The predicted molar refractivity (Wildman–Crippen MR) is 116 cm³/mol. The minimum absolute atomic E-state index is 0.130. The van der Waals surface area contributed by atoms with Crippen LogP contribution in [-0.2, 0) is 0 Å². The van der Waals surface area contributed by atoms with E-state index >= 15 is 0 Å². The molecule has 0 saturated heterocycles. The first-order chi connectivity index (χ1) is 17.2. The normalized spacial score (nSPS) is 10.6. The van der Waals surface area contributed by atoms with E-state index in [1.165, 1.54) is 0 Å². The van der Waals surface area contributed by atoms with Gasteiger partial charge in [0.1, 0.15) is 10.9 Å². The Morgan fingerprint density at radius 1 is 0.378 bits per heavy atom. The monoisotopic (exact) mass is 519 g/mol. The van der Waals surface area contributed by atoms with Crippen LogP contribution in [0.4, 0.5) is 39.8 Å². The van der Waals surface area contributed by atoms with E-state index in [1.807, 2.05) is 0 Å². The molecule has 0 aliphatic carbocycles. The van der Waals surface area contributed by atoms with Crippen LogP contribution in [0.3, 0.4) is 0 Å². The number of nitro groups is 7. The maximum Gasteiger partial charge on any atom is 0.291 e. The Kier molecular flexibility index (Phi) is 6.04. The van der Waals surface area contributed by atoms with Gasteiger partial charge in [0, 0.05) is 11.5 Å². The molecule has 188 valence electrons. The van der Waals surface area contributed by atoms with Gasteiger partial charge in [-0.15, -0.1) is 0 Å². The Morgan fingerprint density at radius 2 is 0.703 bits per heavy atom. The quantitative estimate of drug-likeness (QED) is 0.301. The van der Waals surface area contributed by atoms with Crippen LogP contribution in [0.2, 0.25) is 0 Å². The van der Waals surface area contributed by atoms with Crippen molar-refractivity contribution >= 4 is 50.6 Å². The van der Waals surface area contributed by atoms with Gasteiger partial charge in [0.2, 0.25) is 0 Å². The van der Waals surface area contributed by atoms with Gasteiger partial charge in [-0.1, -0.05) is 0 Å². The van der Waals surface area contributed by atoms with Crippen LogP contribution in [0.25, 0.3) is 21.9 Å². The fourth-order valence-corrected chi connectivity index (χ4v) is 3.54. The summed E-state index contributed by atoms with van der Waals surface area (Å²) in [4.78, 5) is 72.0. The number of benzene rings is 3. The smallest absolute Gasteiger partial charge is 0.258 e. The maximum absolute atomic E-state index is 11.9. The van der Waals surface area contributed by atoms with Crippen molar-refractivity contribution in [2.45, 2.75) is 0 Å². The van der Waals surface area contributed by atoms with Crippen LogP contribution in [-0.4, -0.2) is 34.5 Å². The molecule has 0 aliphatic heterocycles. The zero-order chi connectivity index (χ0) is 27.9. The van der Waals surface area contributed by atoms with Crippen molar-refractivity contribution < 1.29 is 34.5 Å². The van der Waals surface area contributed by atoms with E-state index in [1.54, 1.807) is 0 Å². The zero-order valence-corrected chi connectivity index (χ0v) is 17.2. The lowest BCUT2D eigenvalue weighted by atomic mass is 9.91. The van der Waals surface area contributed by atoms with E-state index in [9.17, 15) is 70.8 Å². The fraction of sp³-hybridized carbons (Fsp3) is 0. The van der Waals surface area contributed by atoms with Crippen LogP contribution in [0.1, 0.15) is 0 Å². The van der Waals surface area contributed by atoms with E-state index in [0.29, 0.717) is 6.07 Å². The second-order valence-electron chi connectivity index (χ2n) is 6.84. The Morgan fingerprint density at radius 3 is 1.08 bits per heavy atom. The largest absolute Gasteiger partial charge is 0.291 e. The number of nitro benzene ring substituents is 7. The van der Waals surface area contributed by atoms with Gasteiger partial charge in [-0.05, 0) is 0 Å². The summed E-state index contributed by atoms with van der Waals surface area (Å²) in [5.74, 6) is 0. The molecule has 0 atom stereocenters. The summed E-state index contributed by atoms with van der Waals surface area (Å²) in [5.41, 5.74) is -11.9. The third-order valence-electron chi connectivity index (χ3n) is 4.89. The van der Waals surface area contributed by atoms with Crippen LogP contribution in [0.15, 0.2) is 30.3 Å². The Bertz CT molecular complexity index is 1580. The molecular weight excluding hydrogens is 514 g/mol. The number of non-ortho nitro benzene ring substituents is 4. The number of fused-ring (bicyclic) bond motifs is 1. The molecule has 0 unspecified atom stereocenters. The molecule has 0 fully saturated rings. The predicted octanol–water partition coefficient (Wildman–Crippen LogP) is 3.86. The topological polar surface area (TPSA) is 302 Å². The highest BCUT2D eigenvalue weighted by molar-refractivity contribution is 6.13. The van der Waals surface area contributed by atoms with Crippen molar-refractivity contribution in [3.63, 3.8) is 0 Å². The highest BCUT2D eigenvalue weighted by Gasteiger charge is 2.40. The second-order valence-corrected chi connectivity index (χ2v) is 6.84. The molecule has 0 bridgehead atoms. The first-order valence-corrected chi connectivity index (χ1v) is 9.01. The van der Waals surface area contributed by atoms with E-state index in [-0.39, 0.29) is 24.3 Å². The lowest BCUT2D eigenvalue weighted by Crippen LogP contribution is -2.05. The number of nitrogens with zero attached hydrogens (tertiary/aromatic N) is 7. The average molecular weight is 519 g/mol. The number of rotatable bonds is 8. The summed E-state index contributed by atoms with van der Waals surface area (Å²) in [5, 5.41) is 79.1. The highest BCUT2D eigenvalue weighted by Crippen LogP contribution is 2.51. The van der Waals surface area contributed by atoms with Crippen molar-refractivity contribution in [1.82, 2.24) is 0 Å². The van der Waals surface area contributed by atoms with Crippen molar-refractivity contribution in [3.8, 4) is 11.1 Å². The summed E-state index contributed by atoms with van der Waals surface area (Å²) in [7, 11) is 0. The second kappa shape index (κ2) is 8.82. The van der Waals surface area contributed by atoms with Crippen molar-refractivity contribution in [2.75, 3.05) is 0 Å². The van der Waals surface area contributed by atoms with Crippen molar-refractivity contribution in [2.24, 2.45) is 0 Å². The van der Waals surface area contributed by atoms with Gasteiger partial charge in [0.15, 0.2) is 0 Å². The van der Waals surface area contributed by atoms with E-state index in [4.69, 9.17) is 0 Å². The van der Waals surface area contributed by atoms with E-state index in [0.717, 1.165) is 0 Å². The molecule has 0 spiro atoms. The molecule has 0 N–H and O–H groups in total. The first-order valence-electron chi connectivity index (χ1n) is 9.01. The summed E-state index contributed by atoms with van der Waals surface area (Å²) in [6.45, 7) is 0. The molecule has 0 heterocycles. The van der Waals surface area contributed by atoms with Gasteiger partial charge in [0.25, 0.3) is 39.8 Å². The summed E-state index contributed by atoms with van der Waals surface area (Å²) in [6, 6.07) is 1.18. The SMILES string of the molecule is O=[N+]([O-])c1cc([N+](=O)[O-])c(-c2c([N+](=O)[O-])cc([N+](=O)[O-])c3c([N+](=O)[O-])cc([N+](=O)[O-])cc23)c([N+](=O)[O-])c1. The van der Waals surface area contributed by atoms with Gasteiger partial charge < -0.3 is 0 Å². The molecule has 0 saturated carbocycles. The fourth-order valence-electron chi connectivity index (χ4n) is 3.54. The molecule has 0 radical (unpaired) electrons. The molecule has 3 rings (SSSR count). The molecule has 0 aliphatic rings. The zero-order valence-electron chi connectivity index (χ0n) is 17.2. The summed E-state index contributed by atoms with van der Waals surface area (Å²) in [6.07, 6.45) is 0. The van der Waals surface area contributed by atoms with Crippen LogP contribution in [0, 0.1) is 70.8 Å². The lowest BCUT2D eigenvalue weighted by molar-refractivity contribution is -0.402. The number of hydrogen-bond acceptors (Lipinski definition) is 14. The van der Waals surface area contributed by atoms with Crippen molar-refractivity contribution in [1.29, 1.82) is 0 Å². The molecule has 3 aromatic rings. The lowest BCUT2D eigenvalue weighted by Gasteiger charge is -2.10. The third kappa shape index (κ3) is 4.20. The molecule has 0 amide bonds. The van der Waals surface area contributed by atoms with E-state index < -0.39 is 96.2 Å². The van der Waals surface area contributed by atoms with E-state index in [2.05, 4.69) is 0 Å². The van der Waals surface area contributed by atoms with Gasteiger partial charge in [-0.3, -0.25) is 70.8 Å². The van der Waals surface area contributed by atoms with Crippen molar-refractivity contribution in [3.05, 3.63) is 101 Å². The Balaban J connectivity index is 2.83. The highest BCUT2D eigenvalue weighted by atomic mass is 16.7. The first kappa shape index (κ1) is 25.3.